The number of ether oxygens (including phenoxy) is 1. The number of likely N-dealkylation sites (tertiary alicyclic amines) is 1. The first kappa shape index (κ1) is 24.3. The Bertz CT molecular complexity index is 949. The van der Waals surface area contributed by atoms with Gasteiger partial charge >= 0.3 is 0 Å². The Kier molecular flexibility index (Phi) is 7.91. The van der Waals surface area contributed by atoms with Crippen molar-refractivity contribution in [3.8, 4) is 5.75 Å². The van der Waals surface area contributed by atoms with Crippen LogP contribution in [0.3, 0.4) is 0 Å². The van der Waals surface area contributed by atoms with Crippen LogP contribution in [0, 0.1) is 5.41 Å². The number of fused-ring (bicyclic) bond motifs is 1. The number of amides is 2. The first-order chi connectivity index (χ1) is 16.5. The second-order valence-corrected chi connectivity index (χ2v) is 9.97. The van der Waals surface area contributed by atoms with Gasteiger partial charge in [0.2, 0.25) is 11.8 Å². The van der Waals surface area contributed by atoms with Gasteiger partial charge in [-0.1, -0.05) is 24.6 Å². The van der Waals surface area contributed by atoms with Crippen molar-refractivity contribution < 1.29 is 14.3 Å². The van der Waals surface area contributed by atoms with Crippen LogP contribution in [0.15, 0.2) is 43.0 Å². The summed E-state index contributed by atoms with van der Waals surface area (Å²) in [5, 5.41) is 0. The number of benzene rings is 1. The van der Waals surface area contributed by atoms with Crippen LogP contribution in [0.2, 0.25) is 0 Å². The lowest BCUT2D eigenvalue weighted by Gasteiger charge is -2.44. The lowest BCUT2D eigenvalue weighted by atomic mass is 9.72. The minimum Gasteiger partial charge on any atom is -0.491 e. The highest BCUT2D eigenvalue weighted by Gasteiger charge is 2.44. The van der Waals surface area contributed by atoms with Crippen LogP contribution in [0.25, 0.3) is 0 Å². The van der Waals surface area contributed by atoms with Crippen molar-refractivity contribution in [1.82, 2.24) is 19.4 Å². The molecule has 4 rings (SSSR count). The third kappa shape index (κ3) is 5.62. The number of nitrogens with zero attached hydrogens (tertiary/aromatic N) is 4. The molecule has 0 radical (unpaired) electrons. The Morgan fingerprint density at radius 3 is 2.65 bits per heavy atom. The zero-order valence-electron chi connectivity index (χ0n) is 20.6. The summed E-state index contributed by atoms with van der Waals surface area (Å²) in [6.45, 7) is 7.19. The van der Waals surface area contributed by atoms with Crippen LogP contribution >= 0.6 is 0 Å². The maximum absolute atomic E-state index is 13.9. The lowest BCUT2D eigenvalue weighted by molar-refractivity contribution is -0.151. The Morgan fingerprint density at radius 1 is 1.12 bits per heavy atom. The molecule has 1 fully saturated rings. The topological polar surface area (TPSA) is 67.7 Å². The van der Waals surface area contributed by atoms with Gasteiger partial charge < -0.3 is 19.1 Å². The fourth-order valence-electron chi connectivity index (χ4n) is 5.34. The van der Waals surface area contributed by atoms with Gasteiger partial charge in [-0.3, -0.25) is 9.59 Å². The Hall–Kier alpha value is -2.83. The minimum atomic E-state index is -0.385. The van der Waals surface area contributed by atoms with Gasteiger partial charge in [-0.05, 0) is 57.6 Å². The molecular weight excluding hydrogens is 428 g/mol. The van der Waals surface area contributed by atoms with E-state index in [9.17, 15) is 9.59 Å². The van der Waals surface area contributed by atoms with Crippen molar-refractivity contribution in [2.75, 3.05) is 26.2 Å². The summed E-state index contributed by atoms with van der Waals surface area (Å²) in [6.07, 6.45) is 11.2. The fourth-order valence-corrected chi connectivity index (χ4v) is 5.34. The van der Waals surface area contributed by atoms with Gasteiger partial charge in [-0.15, -0.1) is 0 Å². The summed E-state index contributed by atoms with van der Waals surface area (Å²) in [4.78, 5) is 34.8. The number of piperidine rings is 1. The number of imidazole rings is 1. The predicted molar refractivity (Wildman–Crippen MR) is 131 cm³/mol. The molecule has 2 aliphatic heterocycles. The Balaban J connectivity index is 1.44. The van der Waals surface area contributed by atoms with E-state index in [0.717, 1.165) is 44.3 Å². The second-order valence-electron chi connectivity index (χ2n) is 9.97. The number of carbonyl (C=O) groups excluding carboxylic acids is 2. The molecule has 1 spiro atoms. The van der Waals surface area contributed by atoms with Crippen LogP contribution in [0.5, 0.6) is 5.75 Å². The maximum atomic E-state index is 13.9. The highest BCUT2D eigenvalue weighted by molar-refractivity contribution is 5.84. The van der Waals surface area contributed by atoms with Crippen LogP contribution in [-0.2, 0) is 22.6 Å². The second kappa shape index (κ2) is 11.1. The van der Waals surface area contributed by atoms with Crippen LogP contribution in [0.4, 0.5) is 0 Å². The molecule has 2 amide bonds. The molecule has 7 nitrogen and oxygen atoms in total. The molecule has 1 aromatic heterocycles. The van der Waals surface area contributed by atoms with Gasteiger partial charge in [-0.2, -0.15) is 0 Å². The number of para-hydroxylation sites is 1. The average Bonchev–Trinajstić information content (AvgIpc) is 3.36. The highest BCUT2D eigenvalue weighted by Crippen LogP contribution is 2.40. The molecule has 0 aliphatic carbocycles. The summed E-state index contributed by atoms with van der Waals surface area (Å²) in [5.74, 6) is 1.34. The van der Waals surface area contributed by atoms with Crippen LogP contribution in [-0.4, -0.2) is 63.4 Å². The van der Waals surface area contributed by atoms with E-state index in [0.29, 0.717) is 39.2 Å². The zero-order chi connectivity index (χ0) is 24.0. The molecule has 0 bridgehead atoms. The normalized spacial score (nSPS) is 19.3. The number of aromatic nitrogens is 2. The van der Waals surface area contributed by atoms with Crippen molar-refractivity contribution in [2.45, 2.75) is 71.4 Å². The van der Waals surface area contributed by atoms with E-state index in [-0.39, 0.29) is 23.3 Å². The van der Waals surface area contributed by atoms with Gasteiger partial charge in [0.05, 0.1) is 18.3 Å². The van der Waals surface area contributed by atoms with Gasteiger partial charge in [-0.25, -0.2) is 4.98 Å². The summed E-state index contributed by atoms with van der Waals surface area (Å²) in [7, 11) is 0. The predicted octanol–water partition coefficient (Wildman–Crippen LogP) is 3.92. The number of carbonyl (C=O) groups is 2. The van der Waals surface area contributed by atoms with E-state index in [2.05, 4.69) is 31.0 Å². The van der Waals surface area contributed by atoms with Gasteiger partial charge in [0.1, 0.15) is 12.4 Å². The SMILES string of the molecule is CC(C)N1CCOc2ccccc2CCCCC2(CCN(C(=O)CCn3ccnc3)CC2)C1=O. The lowest BCUT2D eigenvalue weighted by Crippen LogP contribution is -2.53. The minimum absolute atomic E-state index is 0.112. The summed E-state index contributed by atoms with van der Waals surface area (Å²) >= 11 is 0. The van der Waals surface area contributed by atoms with E-state index < -0.39 is 0 Å². The first-order valence-electron chi connectivity index (χ1n) is 12.7. The van der Waals surface area contributed by atoms with E-state index in [4.69, 9.17) is 4.74 Å². The number of hydrogen-bond donors (Lipinski definition) is 0. The molecule has 34 heavy (non-hydrogen) atoms. The van der Waals surface area contributed by atoms with E-state index in [1.807, 2.05) is 32.7 Å². The third-order valence-electron chi connectivity index (χ3n) is 7.47. The van der Waals surface area contributed by atoms with E-state index in [1.165, 1.54) is 5.56 Å². The van der Waals surface area contributed by atoms with Gasteiger partial charge in [0, 0.05) is 44.5 Å². The summed E-state index contributed by atoms with van der Waals surface area (Å²) in [5.41, 5.74) is 0.863. The van der Waals surface area contributed by atoms with Crippen molar-refractivity contribution in [1.29, 1.82) is 0 Å². The molecule has 2 aromatic rings. The van der Waals surface area contributed by atoms with Crippen molar-refractivity contribution in [2.24, 2.45) is 5.41 Å². The molecule has 1 saturated heterocycles. The smallest absolute Gasteiger partial charge is 0.229 e. The standard InChI is InChI=1S/C27H38N4O3/c1-22(2)31-19-20-34-24-9-4-3-7-23(24)8-5-6-11-27(26(31)33)12-16-30(17-13-27)25(32)10-15-29-18-14-28-21-29/h3-4,7,9,14,18,21-22H,5-6,8,10-13,15-17,19-20H2,1-2H3. The zero-order valence-corrected chi connectivity index (χ0v) is 20.6. The van der Waals surface area contributed by atoms with Crippen molar-refractivity contribution in [3.05, 3.63) is 48.5 Å². The monoisotopic (exact) mass is 466 g/mol. The molecule has 2 aliphatic rings. The third-order valence-corrected chi connectivity index (χ3v) is 7.47. The molecule has 184 valence electrons. The van der Waals surface area contributed by atoms with Crippen molar-refractivity contribution in [3.63, 3.8) is 0 Å². The quantitative estimate of drug-likeness (QED) is 0.685. The molecule has 0 atom stereocenters. The first-order valence-corrected chi connectivity index (χ1v) is 12.7. The molecule has 3 heterocycles. The summed E-state index contributed by atoms with van der Waals surface area (Å²) < 4.78 is 8.05. The van der Waals surface area contributed by atoms with Gasteiger partial charge in [0.25, 0.3) is 0 Å². The van der Waals surface area contributed by atoms with Crippen LogP contribution < -0.4 is 4.74 Å². The summed E-state index contributed by atoms with van der Waals surface area (Å²) in [6, 6.07) is 8.37. The molecular formula is C27H38N4O3. The molecule has 0 saturated carbocycles. The Morgan fingerprint density at radius 2 is 1.91 bits per heavy atom. The molecule has 0 N–H and O–H groups in total. The van der Waals surface area contributed by atoms with Gasteiger partial charge in [0.15, 0.2) is 0 Å². The maximum Gasteiger partial charge on any atom is 0.229 e. The Labute approximate surface area is 203 Å². The van der Waals surface area contributed by atoms with E-state index >= 15 is 0 Å². The molecule has 7 heteroatoms. The highest BCUT2D eigenvalue weighted by atomic mass is 16.5. The molecule has 1 aromatic carbocycles. The number of rotatable bonds is 4. The largest absolute Gasteiger partial charge is 0.491 e. The number of hydrogen-bond acceptors (Lipinski definition) is 4. The van der Waals surface area contributed by atoms with Crippen LogP contribution in [0.1, 0.15) is 57.9 Å². The average molecular weight is 467 g/mol. The molecule has 0 unspecified atom stereocenters. The van der Waals surface area contributed by atoms with E-state index in [1.54, 1.807) is 12.5 Å². The van der Waals surface area contributed by atoms with Crippen molar-refractivity contribution >= 4 is 11.8 Å². The fraction of sp³-hybridized carbons (Fsp3) is 0.593. The number of aryl methyl sites for hydroxylation is 2.